The van der Waals surface area contributed by atoms with Crippen LogP contribution in [0.25, 0.3) is 0 Å². The highest BCUT2D eigenvalue weighted by Gasteiger charge is 2.44. The Balaban J connectivity index is 0.000000976. The first-order valence-corrected chi connectivity index (χ1v) is 16.9. The van der Waals surface area contributed by atoms with E-state index in [2.05, 4.69) is 149 Å². The molecular weight excluding hydrogens is 519 g/mol. The normalized spacial score (nSPS) is 12.6. The molecule has 3 rings (SSSR count). The maximum atomic E-state index is 9.08. The minimum atomic E-state index is -3.92. The molecule has 0 atom stereocenters. The number of hydrogen-bond acceptors (Lipinski definition) is 3. The van der Waals surface area contributed by atoms with Crippen molar-refractivity contribution in [2.75, 3.05) is 12.4 Å². The fourth-order valence-corrected chi connectivity index (χ4v) is 8.33. The van der Waals surface area contributed by atoms with Crippen molar-refractivity contribution in [1.82, 2.24) is 0 Å². The molecule has 5 heteroatoms. The van der Waals surface area contributed by atoms with Gasteiger partial charge in [0, 0.05) is 6.26 Å². The Morgan fingerprint density at radius 1 is 0.744 bits per heavy atom. The van der Waals surface area contributed by atoms with E-state index in [4.69, 9.17) is 13.0 Å². The largest absolute Gasteiger partial charge is 0.748 e. The molecule has 0 amide bonds. The molecule has 3 aromatic carbocycles. The predicted octanol–water partition coefficient (Wildman–Crippen LogP) is 7.34. The zero-order valence-electron chi connectivity index (χ0n) is 23.7. The van der Waals surface area contributed by atoms with Crippen LogP contribution in [-0.4, -0.2) is 25.4 Å². The minimum Gasteiger partial charge on any atom is -0.748 e. The summed E-state index contributed by atoms with van der Waals surface area (Å²) in [5.74, 6) is 0. The molecular formula is C34H41O3PS. The van der Waals surface area contributed by atoms with Gasteiger partial charge in [-0.25, -0.2) is 8.42 Å². The first-order valence-electron chi connectivity index (χ1n) is 13.1. The Kier molecular flexibility index (Phi) is 13.3. The van der Waals surface area contributed by atoms with Crippen molar-refractivity contribution in [2.45, 2.75) is 40.5 Å². The maximum absolute atomic E-state index is 9.08. The van der Waals surface area contributed by atoms with Crippen molar-refractivity contribution in [3.8, 4) is 0 Å². The van der Waals surface area contributed by atoms with Crippen molar-refractivity contribution in [2.24, 2.45) is 0 Å². The summed E-state index contributed by atoms with van der Waals surface area (Å²) in [5, 5.41) is 4.28. The molecule has 0 N–H and O–H groups in total. The Hall–Kier alpha value is -3.04. The highest BCUT2D eigenvalue weighted by atomic mass is 32.2. The SMILES string of the molecule is CC(C)=CCC\C(C)=C/C=C/C(C)=C/C[P+](c1ccccc1)(c1ccccc1)c1ccccc1.CS(=O)(=O)[O-]. The van der Waals surface area contributed by atoms with Crippen LogP contribution in [0.15, 0.2) is 138 Å². The van der Waals surface area contributed by atoms with Gasteiger partial charge in [-0.3, -0.25) is 0 Å². The fourth-order valence-electron chi connectivity index (χ4n) is 4.20. The van der Waals surface area contributed by atoms with Crippen LogP contribution in [0.1, 0.15) is 40.5 Å². The van der Waals surface area contributed by atoms with Crippen molar-refractivity contribution >= 4 is 33.3 Å². The number of benzene rings is 3. The Bertz CT molecular complexity index is 1260. The average molecular weight is 561 g/mol. The molecule has 3 aromatic rings. The van der Waals surface area contributed by atoms with Crippen LogP contribution in [0.4, 0.5) is 0 Å². The molecule has 0 aliphatic carbocycles. The van der Waals surface area contributed by atoms with Crippen LogP contribution in [0, 0.1) is 0 Å². The lowest BCUT2D eigenvalue weighted by molar-refractivity contribution is 0.470. The molecule has 0 heterocycles. The number of rotatable bonds is 10. The van der Waals surface area contributed by atoms with Crippen molar-refractivity contribution in [3.63, 3.8) is 0 Å². The highest BCUT2D eigenvalue weighted by Crippen LogP contribution is 2.55. The summed E-state index contributed by atoms with van der Waals surface area (Å²) in [6.45, 7) is 8.77. The second-order valence-corrected chi connectivity index (χ2v) is 14.8. The summed E-state index contributed by atoms with van der Waals surface area (Å²) in [4.78, 5) is 0. The van der Waals surface area contributed by atoms with E-state index in [1.165, 1.54) is 32.6 Å². The van der Waals surface area contributed by atoms with Gasteiger partial charge in [0.25, 0.3) is 0 Å². The van der Waals surface area contributed by atoms with E-state index in [1.807, 2.05) is 0 Å². The molecule has 0 saturated heterocycles. The second kappa shape index (κ2) is 16.2. The first-order chi connectivity index (χ1) is 18.5. The van der Waals surface area contributed by atoms with Gasteiger partial charge in [0.2, 0.25) is 0 Å². The summed E-state index contributed by atoms with van der Waals surface area (Å²) >= 11 is 0. The lowest BCUT2D eigenvalue weighted by Gasteiger charge is -2.26. The summed E-state index contributed by atoms with van der Waals surface area (Å²) in [7, 11) is -5.73. The minimum absolute atomic E-state index is 0.604. The van der Waals surface area contributed by atoms with Crippen LogP contribution < -0.4 is 15.9 Å². The van der Waals surface area contributed by atoms with Gasteiger partial charge in [-0.1, -0.05) is 95.6 Å². The third-order valence-corrected chi connectivity index (χ3v) is 10.4. The van der Waals surface area contributed by atoms with E-state index >= 15 is 0 Å². The molecule has 0 aromatic heterocycles. The second-order valence-electron chi connectivity index (χ2n) is 9.84. The predicted molar refractivity (Wildman–Crippen MR) is 171 cm³/mol. The molecule has 0 saturated carbocycles. The molecule has 0 unspecified atom stereocenters. The van der Waals surface area contributed by atoms with Gasteiger partial charge in [-0.05, 0) is 83.0 Å². The lowest BCUT2D eigenvalue weighted by Crippen LogP contribution is -2.33. The van der Waals surface area contributed by atoms with E-state index in [-0.39, 0.29) is 0 Å². The Morgan fingerprint density at radius 2 is 1.15 bits per heavy atom. The van der Waals surface area contributed by atoms with E-state index in [1.54, 1.807) is 0 Å². The highest BCUT2D eigenvalue weighted by molar-refractivity contribution is 7.95. The average Bonchev–Trinajstić information content (AvgIpc) is 2.90. The van der Waals surface area contributed by atoms with E-state index in [0.29, 0.717) is 6.26 Å². The number of hydrogen-bond donors (Lipinski definition) is 0. The summed E-state index contributed by atoms with van der Waals surface area (Å²) in [6.07, 6.45) is 15.3. The van der Waals surface area contributed by atoms with Crippen molar-refractivity contribution < 1.29 is 13.0 Å². The molecule has 39 heavy (non-hydrogen) atoms. The molecule has 0 aliphatic heterocycles. The van der Waals surface area contributed by atoms with Crippen LogP contribution in [0.2, 0.25) is 0 Å². The quantitative estimate of drug-likeness (QED) is 0.113. The Morgan fingerprint density at radius 3 is 1.54 bits per heavy atom. The van der Waals surface area contributed by atoms with Crippen LogP contribution in [-0.2, 0) is 10.1 Å². The van der Waals surface area contributed by atoms with Crippen LogP contribution in [0.3, 0.4) is 0 Å². The molecule has 0 spiro atoms. The van der Waals surface area contributed by atoms with E-state index in [9.17, 15) is 0 Å². The van der Waals surface area contributed by atoms with E-state index < -0.39 is 17.4 Å². The summed E-state index contributed by atoms with van der Waals surface area (Å²) in [5.41, 5.74) is 4.12. The maximum Gasteiger partial charge on any atom is 0.115 e. The molecule has 3 nitrogen and oxygen atoms in total. The van der Waals surface area contributed by atoms with Crippen molar-refractivity contribution in [1.29, 1.82) is 0 Å². The fraction of sp³-hybridized carbons (Fsp3) is 0.235. The zero-order chi connectivity index (χ0) is 28.7. The van der Waals surface area contributed by atoms with Gasteiger partial charge in [0.15, 0.2) is 0 Å². The molecule has 0 radical (unpaired) electrons. The van der Waals surface area contributed by atoms with Crippen molar-refractivity contribution in [3.05, 3.63) is 138 Å². The summed E-state index contributed by atoms with van der Waals surface area (Å²) in [6, 6.07) is 33.3. The van der Waals surface area contributed by atoms with Gasteiger partial charge in [0.05, 0.1) is 16.3 Å². The third-order valence-electron chi connectivity index (χ3n) is 6.11. The van der Waals surface area contributed by atoms with Gasteiger partial charge >= 0.3 is 0 Å². The topological polar surface area (TPSA) is 57.2 Å². The molecule has 0 fully saturated rings. The van der Waals surface area contributed by atoms with Gasteiger partial charge in [-0.2, -0.15) is 0 Å². The molecule has 0 aliphatic rings. The first kappa shape index (κ1) is 32.2. The zero-order valence-corrected chi connectivity index (χ0v) is 25.5. The van der Waals surface area contributed by atoms with Crippen LogP contribution >= 0.6 is 7.26 Å². The third kappa shape index (κ3) is 11.7. The van der Waals surface area contributed by atoms with Gasteiger partial charge in [-0.15, -0.1) is 0 Å². The number of allylic oxidation sites excluding steroid dienone is 8. The lowest BCUT2D eigenvalue weighted by atomic mass is 10.1. The van der Waals surface area contributed by atoms with Gasteiger partial charge < -0.3 is 4.55 Å². The summed E-state index contributed by atoms with van der Waals surface area (Å²) < 4.78 is 27.2. The smallest absolute Gasteiger partial charge is 0.115 e. The molecule has 206 valence electrons. The standard InChI is InChI=1S/C33H38P.CH4O3S/c1-28(2)16-14-17-29(3)18-15-19-30(4)26-27-34(31-20-8-5-9-21-31,32-22-10-6-11-23-32)33-24-12-7-13-25-33;1-5(2,3)4/h5-13,15-16,18-26H,14,17,27H2,1-4H3;1H3,(H,2,3,4)/q+1;/p-1/b19-15+,29-18-,30-26+;. The van der Waals surface area contributed by atoms with E-state index in [0.717, 1.165) is 19.0 Å². The monoisotopic (exact) mass is 560 g/mol. The molecule has 0 bridgehead atoms. The van der Waals surface area contributed by atoms with Gasteiger partial charge in [0.1, 0.15) is 23.2 Å². The van der Waals surface area contributed by atoms with Crippen LogP contribution in [0.5, 0.6) is 0 Å². The Labute approximate surface area is 236 Å².